The van der Waals surface area contributed by atoms with Gasteiger partial charge in [-0.1, -0.05) is 18.2 Å². The van der Waals surface area contributed by atoms with Gasteiger partial charge in [0.15, 0.2) is 0 Å². The van der Waals surface area contributed by atoms with Crippen molar-refractivity contribution in [3.8, 4) is 0 Å². The maximum atomic E-state index is 12.1. The van der Waals surface area contributed by atoms with Gasteiger partial charge in [0.05, 0.1) is 0 Å². The highest BCUT2D eigenvalue weighted by Gasteiger charge is 2.23. The van der Waals surface area contributed by atoms with E-state index in [9.17, 15) is 14.4 Å². The number of carbonyl (C=O) groups is 3. The van der Waals surface area contributed by atoms with E-state index in [-0.39, 0.29) is 24.1 Å². The zero-order chi connectivity index (χ0) is 16.1. The summed E-state index contributed by atoms with van der Waals surface area (Å²) in [6.45, 7) is 5.44. The number of nitrogens with one attached hydrogen (secondary N) is 1. The van der Waals surface area contributed by atoms with Gasteiger partial charge >= 0.3 is 0 Å². The van der Waals surface area contributed by atoms with E-state index >= 15 is 0 Å². The molecular weight excluding hydrogens is 282 g/mol. The number of nitrogens with zero attached hydrogens (tertiary/aromatic N) is 2. The molecule has 1 aliphatic rings. The van der Waals surface area contributed by atoms with E-state index in [2.05, 4.69) is 5.32 Å². The molecule has 22 heavy (non-hydrogen) atoms. The molecule has 0 aromatic heterocycles. The van der Waals surface area contributed by atoms with Gasteiger partial charge in [-0.25, -0.2) is 0 Å². The average molecular weight is 303 g/mol. The lowest BCUT2D eigenvalue weighted by Gasteiger charge is -2.34. The molecule has 0 bridgehead atoms. The van der Waals surface area contributed by atoms with E-state index in [4.69, 9.17) is 0 Å². The number of hydrogen-bond acceptors (Lipinski definition) is 3. The summed E-state index contributed by atoms with van der Waals surface area (Å²) in [7, 11) is 0. The number of amides is 3. The summed E-state index contributed by atoms with van der Waals surface area (Å²) in [5.41, 5.74) is 1.68. The fraction of sp³-hybridized carbons (Fsp3) is 0.438. The number of rotatable bonds is 3. The van der Waals surface area contributed by atoms with Crippen LogP contribution in [0.25, 0.3) is 0 Å². The van der Waals surface area contributed by atoms with Crippen LogP contribution in [0.2, 0.25) is 0 Å². The quantitative estimate of drug-likeness (QED) is 0.847. The van der Waals surface area contributed by atoms with Gasteiger partial charge in [0.1, 0.15) is 6.42 Å². The summed E-state index contributed by atoms with van der Waals surface area (Å²) in [4.78, 5) is 38.7. The van der Waals surface area contributed by atoms with Crippen LogP contribution in [0.15, 0.2) is 24.3 Å². The Kier molecular flexibility index (Phi) is 5.14. The number of anilines is 1. The molecule has 1 fully saturated rings. The van der Waals surface area contributed by atoms with Gasteiger partial charge in [0, 0.05) is 38.8 Å². The molecule has 0 spiro atoms. The summed E-state index contributed by atoms with van der Waals surface area (Å²) in [6, 6.07) is 7.44. The Morgan fingerprint density at radius 1 is 1.05 bits per heavy atom. The average Bonchev–Trinajstić information content (AvgIpc) is 2.49. The van der Waals surface area contributed by atoms with Crippen molar-refractivity contribution in [1.29, 1.82) is 0 Å². The first-order valence-electron chi connectivity index (χ1n) is 7.36. The Labute approximate surface area is 130 Å². The van der Waals surface area contributed by atoms with E-state index in [1.165, 1.54) is 6.92 Å². The normalized spacial score (nSPS) is 14.6. The Hall–Kier alpha value is -2.37. The second-order valence-electron chi connectivity index (χ2n) is 5.43. The number of carbonyl (C=O) groups excluding carboxylic acids is 3. The largest absolute Gasteiger partial charge is 0.339 e. The monoisotopic (exact) mass is 303 g/mol. The van der Waals surface area contributed by atoms with Gasteiger partial charge in [-0.3, -0.25) is 14.4 Å². The standard InChI is InChI=1S/C16H21N3O3/c1-12-5-3-4-6-14(12)17-15(21)11-16(22)19-9-7-18(8-10-19)13(2)20/h3-6H,7-11H2,1-2H3,(H,17,21). The molecule has 6 heteroatoms. The predicted octanol–water partition coefficient (Wildman–Crippen LogP) is 1.01. The van der Waals surface area contributed by atoms with Gasteiger partial charge in [0.2, 0.25) is 17.7 Å². The molecule has 3 amide bonds. The minimum atomic E-state index is -0.312. The summed E-state index contributed by atoms with van der Waals surface area (Å²) in [5.74, 6) is -0.494. The van der Waals surface area contributed by atoms with Gasteiger partial charge in [-0.05, 0) is 18.6 Å². The smallest absolute Gasteiger partial charge is 0.233 e. The summed E-state index contributed by atoms with van der Waals surface area (Å²) < 4.78 is 0. The van der Waals surface area contributed by atoms with Crippen LogP contribution in [0.4, 0.5) is 5.69 Å². The van der Waals surface area contributed by atoms with Crippen molar-refractivity contribution in [3.05, 3.63) is 29.8 Å². The van der Waals surface area contributed by atoms with Crippen LogP contribution in [-0.4, -0.2) is 53.7 Å². The minimum Gasteiger partial charge on any atom is -0.339 e. The highest BCUT2D eigenvalue weighted by Crippen LogP contribution is 2.13. The van der Waals surface area contributed by atoms with E-state index in [0.717, 1.165) is 11.3 Å². The maximum absolute atomic E-state index is 12.1. The van der Waals surface area contributed by atoms with Crippen molar-refractivity contribution < 1.29 is 14.4 Å². The number of aryl methyl sites for hydroxylation is 1. The highest BCUT2D eigenvalue weighted by atomic mass is 16.2. The molecule has 1 aliphatic heterocycles. The molecule has 1 heterocycles. The fourth-order valence-corrected chi connectivity index (χ4v) is 2.43. The SMILES string of the molecule is CC(=O)N1CCN(C(=O)CC(=O)Nc2ccccc2C)CC1. The molecular formula is C16H21N3O3. The molecule has 0 atom stereocenters. The Balaban J connectivity index is 1.83. The van der Waals surface area contributed by atoms with Crippen LogP contribution >= 0.6 is 0 Å². The number of hydrogen-bond donors (Lipinski definition) is 1. The van der Waals surface area contributed by atoms with Gasteiger partial charge in [0.25, 0.3) is 0 Å². The summed E-state index contributed by atoms with van der Waals surface area (Å²) >= 11 is 0. The van der Waals surface area contributed by atoms with Gasteiger partial charge in [-0.2, -0.15) is 0 Å². The van der Waals surface area contributed by atoms with Crippen LogP contribution in [0, 0.1) is 6.92 Å². The first-order chi connectivity index (χ1) is 10.5. The predicted molar refractivity (Wildman–Crippen MR) is 83.3 cm³/mol. The van der Waals surface area contributed by atoms with E-state index in [0.29, 0.717) is 26.2 Å². The van der Waals surface area contributed by atoms with E-state index in [1.807, 2.05) is 31.2 Å². The second kappa shape index (κ2) is 7.06. The highest BCUT2D eigenvalue weighted by molar-refractivity contribution is 6.03. The third kappa shape index (κ3) is 4.07. The molecule has 2 rings (SSSR count). The Bertz CT molecular complexity index is 578. The molecule has 1 N–H and O–H groups in total. The molecule has 1 aromatic carbocycles. The first kappa shape index (κ1) is 16.0. The van der Waals surface area contributed by atoms with Gasteiger partial charge < -0.3 is 15.1 Å². The number of para-hydroxylation sites is 1. The Morgan fingerprint density at radius 3 is 2.23 bits per heavy atom. The van der Waals surface area contributed by atoms with Crippen molar-refractivity contribution >= 4 is 23.4 Å². The van der Waals surface area contributed by atoms with Crippen molar-refractivity contribution in [2.45, 2.75) is 20.3 Å². The van der Waals surface area contributed by atoms with Crippen molar-refractivity contribution in [2.75, 3.05) is 31.5 Å². The molecule has 0 saturated carbocycles. The summed E-state index contributed by atoms with van der Waals surface area (Å²) in [6.07, 6.45) is -0.172. The lowest BCUT2D eigenvalue weighted by Crippen LogP contribution is -2.50. The topological polar surface area (TPSA) is 69.7 Å². The second-order valence-corrected chi connectivity index (χ2v) is 5.43. The van der Waals surface area contributed by atoms with Crippen LogP contribution in [0.1, 0.15) is 18.9 Å². The van der Waals surface area contributed by atoms with Crippen LogP contribution in [0.5, 0.6) is 0 Å². The van der Waals surface area contributed by atoms with Crippen molar-refractivity contribution in [1.82, 2.24) is 9.80 Å². The Morgan fingerprint density at radius 2 is 1.64 bits per heavy atom. The molecule has 0 radical (unpaired) electrons. The lowest BCUT2D eigenvalue weighted by molar-refractivity contribution is -0.140. The van der Waals surface area contributed by atoms with E-state index < -0.39 is 0 Å². The third-order valence-corrected chi connectivity index (χ3v) is 3.81. The van der Waals surface area contributed by atoms with Crippen molar-refractivity contribution in [2.24, 2.45) is 0 Å². The van der Waals surface area contributed by atoms with Crippen LogP contribution in [-0.2, 0) is 14.4 Å². The molecule has 1 aromatic rings. The zero-order valence-electron chi connectivity index (χ0n) is 13.0. The van der Waals surface area contributed by atoms with Crippen molar-refractivity contribution in [3.63, 3.8) is 0 Å². The van der Waals surface area contributed by atoms with Crippen LogP contribution < -0.4 is 5.32 Å². The zero-order valence-corrected chi connectivity index (χ0v) is 13.0. The summed E-state index contributed by atoms with van der Waals surface area (Å²) in [5, 5.41) is 2.76. The van der Waals surface area contributed by atoms with Crippen LogP contribution in [0.3, 0.4) is 0 Å². The molecule has 6 nitrogen and oxygen atoms in total. The molecule has 0 unspecified atom stereocenters. The number of benzene rings is 1. The molecule has 1 saturated heterocycles. The van der Waals surface area contributed by atoms with Gasteiger partial charge in [-0.15, -0.1) is 0 Å². The third-order valence-electron chi connectivity index (χ3n) is 3.81. The number of piperazine rings is 1. The molecule has 118 valence electrons. The maximum Gasteiger partial charge on any atom is 0.233 e. The first-order valence-corrected chi connectivity index (χ1v) is 7.36. The van der Waals surface area contributed by atoms with E-state index in [1.54, 1.807) is 9.80 Å². The minimum absolute atomic E-state index is 0.0180. The fourth-order valence-electron chi connectivity index (χ4n) is 2.43. The lowest BCUT2D eigenvalue weighted by atomic mass is 10.2. The molecule has 0 aliphatic carbocycles.